The van der Waals surface area contributed by atoms with Crippen LogP contribution in [0.5, 0.6) is 0 Å². The summed E-state index contributed by atoms with van der Waals surface area (Å²) in [5.74, 6) is -0.116. The van der Waals surface area contributed by atoms with Crippen molar-refractivity contribution < 1.29 is 24.7 Å². The van der Waals surface area contributed by atoms with Gasteiger partial charge in [-0.15, -0.1) is 0 Å². The average Bonchev–Trinajstić information content (AvgIpc) is 2.62. The van der Waals surface area contributed by atoms with Gasteiger partial charge in [-0.1, -0.05) is 36.4 Å². The zero-order valence-electron chi connectivity index (χ0n) is 11.8. The number of aliphatic hydroxyl groups excluding tert-OH is 1. The van der Waals surface area contributed by atoms with E-state index < -0.39 is 5.60 Å². The van der Waals surface area contributed by atoms with Gasteiger partial charge < -0.3 is 5.11 Å². The van der Waals surface area contributed by atoms with Crippen molar-refractivity contribution in [3.05, 3.63) is 59.7 Å². The van der Waals surface area contributed by atoms with Crippen molar-refractivity contribution in [2.24, 2.45) is 5.92 Å². The number of hydrogen-bond acceptors (Lipinski definition) is 5. The van der Waals surface area contributed by atoms with Crippen molar-refractivity contribution in [3.63, 3.8) is 0 Å². The zero-order chi connectivity index (χ0) is 14.7. The largest absolute Gasteiger partial charge is 0.396 e. The van der Waals surface area contributed by atoms with Gasteiger partial charge in [-0.3, -0.25) is 0 Å². The second-order valence-electron chi connectivity index (χ2n) is 6.21. The molecule has 4 bridgehead atoms. The number of aliphatic hydroxyl groups is 1. The summed E-state index contributed by atoms with van der Waals surface area (Å²) in [5, 5.41) is 9.95. The molecule has 2 fully saturated rings. The Morgan fingerprint density at radius 1 is 1.05 bits per heavy atom. The smallest absolute Gasteiger partial charge is 0.167 e. The van der Waals surface area contributed by atoms with E-state index in [1.54, 1.807) is 0 Å². The van der Waals surface area contributed by atoms with Crippen LogP contribution in [0.15, 0.2) is 54.1 Å². The lowest BCUT2D eigenvalue weighted by Crippen LogP contribution is -2.68. The van der Waals surface area contributed by atoms with Crippen molar-refractivity contribution in [3.8, 4) is 0 Å². The van der Waals surface area contributed by atoms with Crippen LogP contribution in [0, 0.1) is 5.92 Å². The Hall–Kier alpha value is -1.50. The molecule has 1 aromatic carbocycles. The maximum absolute atomic E-state index is 9.95. The summed E-state index contributed by atoms with van der Waals surface area (Å²) >= 11 is 0. The van der Waals surface area contributed by atoms with Gasteiger partial charge in [-0.25, -0.2) is 19.6 Å². The Balaban J connectivity index is 1.73. The van der Waals surface area contributed by atoms with E-state index in [4.69, 9.17) is 19.6 Å². The molecule has 4 aliphatic heterocycles. The molecule has 6 atom stereocenters. The van der Waals surface area contributed by atoms with Crippen molar-refractivity contribution in [2.45, 2.75) is 29.8 Å². The number of hydrogen-bond donors (Lipinski definition) is 1. The van der Waals surface area contributed by atoms with E-state index in [2.05, 4.69) is 12.1 Å². The fourth-order valence-corrected chi connectivity index (χ4v) is 4.28. The van der Waals surface area contributed by atoms with Crippen LogP contribution in [0.4, 0.5) is 0 Å². The third kappa shape index (κ3) is 1.45. The SMILES string of the molecule is OC[C@@H]1[C@@H]2C=C3[C@H]4C=C[C@H](OO4)[C@]3(OO2)[C@H]1c1ccccc1. The third-order valence-electron chi connectivity index (χ3n) is 5.23. The lowest BCUT2D eigenvalue weighted by molar-refractivity contribution is -0.480. The Kier molecular flexibility index (Phi) is 2.66. The van der Waals surface area contributed by atoms with Gasteiger partial charge in [-0.2, -0.15) is 0 Å². The Labute approximate surface area is 127 Å². The first kappa shape index (κ1) is 13.0. The van der Waals surface area contributed by atoms with Crippen molar-refractivity contribution in [1.82, 2.24) is 0 Å². The van der Waals surface area contributed by atoms with E-state index in [-0.39, 0.29) is 36.8 Å². The van der Waals surface area contributed by atoms with Gasteiger partial charge in [0, 0.05) is 24.0 Å². The minimum absolute atomic E-state index is 0.0288. The standard InChI is InChI=1S/C17H16O5/c18-9-11-14-8-12-13-6-7-15(21-19-13)17(12,22-20-14)16(11)10-4-2-1-3-5-10/h1-8,11,13-16,18H,9H2/t11-,13-,14+,15+,16+,17+/m1/s1. The Morgan fingerprint density at radius 3 is 2.64 bits per heavy atom. The molecule has 6 aliphatic rings. The highest BCUT2D eigenvalue weighted by molar-refractivity contribution is 5.46. The van der Waals surface area contributed by atoms with Crippen molar-refractivity contribution in [2.75, 3.05) is 6.61 Å². The van der Waals surface area contributed by atoms with E-state index >= 15 is 0 Å². The summed E-state index contributed by atoms with van der Waals surface area (Å²) < 4.78 is 0. The van der Waals surface area contributed by atoms with E-state index in [0.29, 0.717) is 0 Å². The molecule has 1 N–H and O–H groups in total. The minimum Gasteiger partial charge on any atom is -0.396 e. The van der Waals surface area contributed by atoms with Crippen LogP contribution < -0.4 is 0 Å². The monoisotopic (exact) mass is 300 g/mol. The van der Waals surface area contributed by atoms with Gasteiger partial charge in [-0.05, 0) is 17.7 Å². The molecule has 0 unspecified atom stereocenters. The van der Waals surface area contributed by atoms with Crippen LogP contribution in [0.1, 0.15) is 11.5 Å². The summed E-state index contributed by atoms with van der Waals surface area (Å²) in [6.45, 7) is 0.0288. The first-order chi connectivity index (χ1) is 10.8. The predicted molar refractivity (Wildman–Crippen MR) is 75.4 cm³/mol. The van der Waals surface area contributed by atoms with Gasteiger partial charge in [0.15, 0.2) is 5.60 Å². The summed E-state index contributed by atoms with van der Waals surface area (Å²) in [7, 11) is 0. The first-order valence-corrected chi connectivity index (χ1v) is 7.57. The van der Waals surface area contributed by atoms with E-state index in [0.717, 1.165) is 11.1 Å². The molecule has 1 aromatic rings. The van der Waals surface area contributed by atoms with Crippen LogP contribution in [0.25, 0.3) is 0 Å². The quantitative estimate of drug-likeness (QED) is 0.665. The van der Waals surface area contributed by atoms with Gasteiger partial charge >= 0.3 is 0 Å². The first-order valence-electron chi connectivity index (χ1n) is 7.57. The predicted octanol–water partition coefficient (Wildman–Crippen LogP) is 1.66. The van der Waals surface area contributed by atoms with Crippen molar-refractivity contribution >= 4 is 0 Å². The van der Waals surface area contributed by atoms with E-state index in [9.17, 15) is 5.11 Å². The summed E-state index contributed by atoms with van der Waals surface area (Å²) in [6, 6.07) is 10.1. The van der Waals surface area contributed by atoms with Gasteiger partial charge in [0.2, 0.25) is 0 Å². The number of rotatable bonds is 2. The molecule has 1 spiro atoms. The molecule has 114 valence electrons. The number of benzene rings is 1. The highest BCUT2D eigenvalue weighted by Crippen LogP contribution is 2.58. The molecular formula is C17H16O5. The molecule has 0 aromatic heterocycles. The molecule has 7 rings (SSSR count). The summed E-state index contributed by atoms with van der Waals surface area (Å²) in [5.41, 5.74) is 1.40. The van der Waals surface area contributed by atoms with Crippen LogP contribution in [-0.4, -0.2) is 35.6 Å². The molecule has 0 amide bonds. The maximum Gasteiger partial charge on any atom is 0.167 e. The fourth-order valence-electron chi connectivity index (χ4n) is 4.28. The Morgan fingerprint density at radius 2 is 1.91 bits per heavy atom. The second kappa shape index (κ2) is 4.50. The molecule has 5 heteroatoms. The van der Waals surface area contributed by atoms with Crippen LogP contribution >= 0.6 is 0 Å². The lowest BCUT2D eigenvalue weighted by atomic mass is 9.59. The van der Waals surface area contributed by atoms with Gasteiger partial charge in [0.05, 0.1) is 0 Å². The molecule has 4 heterocycles. The van der Waals surface area contributed by atoms with Crippen LogP contribution in [-0.2, 0) is 19.6 Å². The minimum atomic E-state index is -0.763. The van der Waals surface area contributed by atoms with Gasteiger partial charge in [0.25, 0.3) is 0 Å². The molecule has 2 saturated heterocycles. The average molecular weight is 300 g/mol. The van der Waals surface area contributed by atoms with Crippen LogP contribution in [0.2, 0.25) is 0 Å². The molecule has 2 aliphatic carbocycles. The lowest BCUT2D eigenvalue weighted by Gasteiger charge is -2.59. The third-order valence-corrected chi connectivity index (χ3v) is 5.23. The maximum atomic E-state index is 9.95. The normalized spacial score (nSPS) is 44.8. The Bertz CT molecular complexity index is 654. The highest BCUT2D eigenvalue weighted by atomic mass is 17.2. The summed E-state index contributed by atoms with van der Waals surface area (Å²) in [6.07, 6.45) is 5.08. The molecule has 0 saturated carbocycles. The zero-order valence-corrected chi connectivity index (χ0v) is 11.8. The van der Waals surface area contributed by atoms with Crippen LogP contribution in [0.3, 0.4) is 0 Å². The van der Waals surface area contributed by atoms with E-state index in [1.807, 2.05) is 36.4 Å². The van der Waals surface area contributed by atoms with Crippen molar-refractivity contribution in [1.29, 1.82) is 0 Å². The summed E-state index contributed by atoms with van der Waals surface area (Å²) in [4.78, 5) is 22.3. The molecule has 0 radical (unpaired) electrons. The number of fused-ring (bicyclic) bond motifs is 3. The highest BCUT2D eigenvalue weighted by Gasteiger charge is 2.66. The molecule has 22 heavy (non-hydrogen) atoms. The fraction of sp³-hybridized carbons (Fsp3) is 0.412. The molecular weight excluding hydrogens is 284 g/mol. The second-order valence-corrected chi connectivity index (χ2v) is 6.21. The van der Waals surface area contributed by atoms with E-state index in [1.165, 1.54) is 0 Å². The topological polar surface area (TPSA) is 57.2 Å². The van der Waals surface area contributed by atoms with Gasteiger partial charge in [0.1, 0.15) is 18.3 Å². The molecule has 5 nitrogen and oxygen atoms in total.